The Balaban J connectivity index is 1.52. The van der Waals surface area contributed by atoms with Crippen LogP contribution in [0.1, 0.15) is 16.7 Å². The molecule has 29 heavy (non-hydrogen) atoms. The molecule has 0 aliphatic heterocycles. The van der Waals surface area contributed by atoms with E-state index in [1.807, 2.05) is 67.6 Å². The summed E-state index contributed by atoms with van der Waals surface area (Å²) in [5.74, 6) is -0.946. The van der Waals surface area contributed by atoms with Crippen molar-refractivity contribution < 1.29 is 14.3 Å². The van der Waals surface area contributed by atoms with Crippen LogP contribution in [0.15, 0.2) is 84.0 Å². The van der Waals surface area contributed by atoms with Crippen LogP contribution in [0, 0.1) is 6.92 Å². The molecule has 2 N–H and O–H groups in total. The maximum Gasteiger partial charge on any atom is 0.329 e. The summed E-state index contributed by atoms with van der Waals surface area (Å²) in [5.41, 5.74) is 5.47. The van der Waals surface area contributed by atoms with Crippen molar-refractivity contribution in [2.75, 3.05) is 5.32 Å². The van der Waals surface area contributed by atoms with Gasteiger partial charge in [0.25, 0.3) is 0 Å². The average Bonchev–Trinajstić information content (AvgIpc) is 2.75. The second-order valence-electron chi connectivity index (χ2n) is 6.31. The van der Waals surface area contributed by atoms with Crippen molar-refractivity contribution in [1.29, 1.82) is 0 Å². The Bertz CT molecular complexity index is 1020. The molecular formula is C23H21N3O3. The Morgan fingerprint density at radius 3 is 2.48 bits per heavy atom. The van der Waals surface area contributed by atoms with Crippen LogP contribution in [0.2, 0.25) is 0 Å². The van der Waals surface area contributed by atoms with Crippen LogP contribution in [-0.2, 0) is 16.2 Å². The summed E-state index contributed by atoms with van der Waals surface area (Å²) in [6.45, 7) is 2.30. The normalized spacial score (nSPS) is 10.5. The molecular weight excluding hydrogens is 366 g/mol. The summed E-state index contributed by atoms with van der Waals surface area (Å²) in [7, 11) is 0. The Labute approximate surface area is 169 Å². The van der Waals surface area contributed by atoms with E-state index in [0.29, 0.717) is 18.0 Å². The molecule has 2 amide bonds. The molecule has 0 heterocycles. The second kappa shape index (κ2) is 9.85. The highest BCUT2D eigenvalue weighted by Crippen LogP contribution is 2.14. The van der Waals surface area contributed by atoms with Gasteiger partial charge in [-0.15, -0.1) is 0 Å². The SMILES string of the molecule is Cc1ccccc1NC(=O)C(=O)N/N=C\c1cccc(OCc2ccccc2)c1. The number of rotatable bonds is 6. The lowest BCUT2D eigenvalue weighted by Crippen LogP contribution is -2.32. The molecule has 0 saturated carbocycles. The number of carbonyl (C=O) groups is 2. The molecule has 0 saturated heterocycles. The van der Waals surface area contributed by atoms with Gasteiger partial charge in [0.15, 0.2) is 0 Å². The second-order valence-corrected chi connectivity index (χ2v) is 6.31. The smallest absolute Gasteiger partial charge is 0.329 e. The molecule has 3 aromatic carbocycles. The molecule has 0 aliphatic rings. The fourth-order valence-corrected chi connectivity index (χ4v) is 2.53. The number of hydrogen-bond donors (Lipinski definition) is 2. The van der Waals surface area contributed by atoms with Crippen LogP contribution in [0.5, 0.6) is 5.75 Å². The number of anilines is 1. The van der Waals surface area contributed by atoms with Crippen molar-refractivity contribution >= 4 is 23.7 Å². The van der Waals surface area contributed by atoms with E-state index in [1.54, 1.807) is 18.2 Å². The predicted octanol–water partition coefficient (Wildman–Crippen LogP) is 3.66. The minimum absolute atomic E-state index is 0.456. The fourth-order valence-electron chi connectivity index (χ4n) is 2.53. The van der Waals surface area contributed by atoms with Gasteiger partial charge < -0.3 is 10.1 Å². The number of aryl methyl sites for hydroxylation is 1. The van der Waals surface area contributed by atoms with Crippen molar-refractivity contribution in [2.24, 2.45) is 5.10 Å². The standard InChI is InChI=1S/C23H21N3O3/c1-17-8-5-6-13-21(17)25-22(27)23(28)26-24-15-19-11-7-12-20(14-19)29-16-18-9-3-2-4-10-18/h2-15H,16H2,1H3,(H,25,27)(H,26,28)/b24-15-. The zero-order valence-corrected chi connectivity index (χ0v) is 16.0. The summed E-state index contributed by atoms with van der Waals surface area (Å²) >= 11 is 0. The first-order chi connectivity index (χ1) is 14.1. The van der Waals surface area contributed by atoms with Gasteiger partial charge in [-0.2, -0.15) is 5.10 Å². The highest BCUT2D eigenvalue weighted by molar-refractivity contribution is 6.39. The molecule has 3 rings (SSSR count). The Morgan fingerprint density at radius 1 is 0.931 bits per heavy atom. The van der Waals surface area contributed by atoms with Crippen molar-refractivity contribution in [3.8, 4) is 5.75 Å². The van der Waals surface area contributed by atoms with E-state index in [1.165, 1.54) is 6.21 Å². The topological polar surface area (TPSA) is 79.8 Å². The van der Waals surface area contributed by atoms with E-state index in [9.17, 15) is 9.59 Å². The Kier molecular flexibility index (Phi) is 6.73. The predicted molar refractivity (Wildman–Crippen MR) is 113 cm³/mol. The van der Waals surface area contributed by atoms with Gasteiger partial charge in [0.2, 0.25) is 0 Å². The number of amides is 2. The van der Waals surface area contributed by atoms with E-state index in [-0.39, 0.29) is 0 Å². The van der Waals surface area contributed by atoms with Gasteiger partial charge in [0.1, 0.15) is 12.4 Å². The van der Waals surface area contributed by atoms with E-state index < -0.39 is 11.8 Å². The fraction of sp³-hybridized carbons (Fsp3) is 0.0870. The third-order valence-corrected chi connectivity index (χ3v) is 4.09. The zero-order chi connectivity index (χ0) is 20.5. The highest BCUT2D eigenvalue weighted by Gasteiger charge is 2.13. The van der Waals surface area contributed by atoms with Gasteiger partial charge in [0.05, 0.1) is 6.21 Å². The zero-order valence-electron chi connectivity index (χ0n) is 16.0. The number of ether oxygens (including phenoxy) is 1. The van der Waals surface area contributed by atoms with Crippen LogP contribution >= 0.6 is 0 Å². The molecule has 0 aromatic heterocycles. The van der Waals surface area contributed by atoms with Gasteiger partial charge in [0, 0.05) is 5.69 Å². The third kappa shape index (κ3) is 6.04. The largest absolute Gasteiger partial charge is 0.489 e. The van der Waals surface area contributed by atoms with Crippen molar-refractivity contribution in [3.05, 3.63) is 95.6 Å². The number of para-hydroxylation sites is 1. The van der Waals surface area contributed by atoms with E-state index in [4.69, 9.17) is 4.74 Å². The first-order valence-corrected chi connectivity index (χ1v) is 9.08. The van der Waals surface area contributed by atoms with Crippen molar-refractivity contribution in [2.45, 2.75) is 13.5 Å². The summed E-state index contributed by atoms with van der Waals surface area (Å²) in [4.78, 5) is 23.9. The number of hydrogen-bond acceptors (Lipinski definition) is 4. The summed E-state index contributed by atoms with van der Waals surface area (Å²) in [5, 5.41) is 6.40. The molecule has 3 aromatic rings. The number of benzene rings is 3. The van der Waals surface area contributed by atoms with Crippen molar-refractivity contribution in [1.82, 2.24) is 5.43 Å². The first kappa shape index (κ1) is 19.8. The number of carbonyl (C=O) groups excluding carboxylic acids is 2. The number of nitrogens with zero attached hydrogens (tertiary/aromatic N) is 1. The lowest BCUT2D eigenvalue weighted by Gasteiger charge is -2.07. The quantitative estimate of drug-likeness (QED) is 0.385. The Morgan fingerprint density at radius 2 is 1.69 bits per heavy atom. The van der Waals surface area contributed by atoms with E-state index in [2.05, 4.69) is 15.8 Å². The van der Waals surface area contributed by atoms with E-state index >= 15 is 0 Å². The molecule has 0 unspecified atom stereocenters. The molecule has 0 radical (unpaired) electrons. The lowest BCUT2D eigenvalue weighted by molar-refractivity contribution is -0.136. The van der Waals surface area contributed by atoms with Gasteiger partial charge in [-0.1, -0.05) is 60.7 Å². The highest BCUT2D eigenvalue weighted by atomic mass is 16.5. The third-order valence-electron chi connectivity index (χ3n) is 4.09. The van der Waals surface area contributed by atoms with Gasteiger partial charge in [-0.3, -0.25) is 9.59 Å². The molecule has 6 heteroatoms. The summed E-state index contributed by atoms with van der Waals surface area (Å²) in [6, 6.07) is 24.3. The van der Waals surface area contributed by atoms with Crippen LogP contribution in [0.25, 0.3) is 0 Å². The molecule has 0 fully saturated rings. The number of hydrazone groups is 1. The lowest BCUT2D eigenvalue weighted by atomic mass is 10.2. The molecule has 0 spiro atoms. The van der Waals surface area contributed by atoms with E-state index in [0.717, 1.165) is 16.7 Å². The number of nitrogens with one attached hydrogen (secondary N) is 2. The Hall–Kier alpha value is -3.93. The molecule has 0 bridgehead atoms. The van der Waals surface area contributed by atoms with Gasteiger partial charge in [-0.25, -0.2) is 5.43 Å². The van der Waals surface area contributed by atoms with Crippen LogP contribution < -0.4 is 15.5 Å². The summed E-state index contributed by atoms with van der Waals surface area (Å²) in [6.07, 6.45) is 1.45. The minimum Gasteiger partial charge on any atom is -0.489 e. The molecule has 6 nitrogen and oxygen atoms in total. The molecule has 0 atom stereocenters. The van der Waals surface area contributed by atoms with Crippen LogP contribution in [0.3, 0.4) is 0 Å². The van der Waals surface area contributed by atoms with Gasteiger partial charge in [-0.05, 0) is 41.8 Å². The van der Waals surface area contributed by atoms with Crippen LogP contribution in [-0.4, -0.2) is 18.0 Å². The summed E-state index contributed by atoms with van der Waals surface area (Å²) < 4.78 is 5.76. The maximum absolute atomic E-state index is 12.0. The van der Waals surface area contributed by atoms with Gasteiger partial charge >= 0.3 is 11.8 Å². The maximum atomic E-state index is 12.0. The molecule has 146 valence electrons. The molecule has 0 aliphatic carbocycles. The first-order valence-electron chi connectivity index (χ1n) is 9.08. The minimum atomic E-state index is -0.846. The van der Waals surface area contributed by atoms with Crippen LogP contribution in [0.4, 0.5) is 5.69 Å². The van der Waals surface area contributed by atoms with Crippen molar-refractivity contribution in [3.63, 3.8) is 0 Å². The monoisotopic (exact) mass is 387 g/mol. The average molecular weight is 387 g/mol.